The fourth-order valence-electron chi connectivity index (χ4n) is 2.24. The highest BCUT2D eigenvalue weighted by atomic mass is 16.6. The van der Waals surface area contributed by atoms with E-state index in [-0.39, 0.29) is 17.9 Å². The predicted octanol–water partition coefficient (Wildman–Crippen LogP) is 3.08. The lowest BCUT2D eigenvalue weighted by molar-refractivity contribution is 0.00618. The molecule has 0 aliphatic heterocycles. The zero-order chi connectivity index (χ0) is 17.2. The van der Waals surface area contributed by atoms with Gasteiger partial charge in [-0.05, 0) is 45.9 Å². The number of carbonyl (C=O) groups excluding carboxylic acids is 2. The van der Waals surface area contributed by atoms with Crippen molar-refractivity contribution in [3.8, 4) is 5.75 Å². The number of aromatic nitrogens is 1. The maximum atomic E-state index is 12.4. The Bertz CT molecular complexity index is 739. The molecule has 0 fully saturated rings. The third-order valence-corrected chi connectivity index (χ3v) is 3.08. The Labute approximate surface area is 134 Å². The van der Waals surface area contributed by atoms with Crippen molar-refractivity contribution >= 4 is 17.5 Å². The lowest BCUT2D eigenvalue weighted by atomic mass is 10.2. The summed E-state index contributed by atoms with van der Waals surface area (Å²) in [5, 5.41) is 0. The maximum absolute atomic E-state index is 12.4. The first-order valence-electron chi connectivity index (χ1n) is 7.37. The standard InChI is InChI=1S/C17H21NO5/c1-6-22-15(19)11-10-12(16(20)23-17(2,3)4)18-9-7-8-13(21-5)14(11)18/h7-10H,6H2,1-5H3. The Balaban J connectivity index is 2.63. The van der Waals surface area contributed by atoms with Crippen LogP contribution in [0.3, 0.4) is 0 Å². The van der Waals surface area contributed by atoms with Crippen LogP contribution >= 0.6 is 0 Å². The molecule has 0 bridgehead atoms. The second kappa shape index (κ2) is 6.32. The summed E-state index contributed by atoms with van der Waals surface area (Å²) >= 11 is 0. The van der Waals surface area contributed by atoms with E-state index in [9.17, 15) is 9.59 Å². The molecule has 0 aliphatic carbocycles. The zero-order valence-electron chi connectivity index (χ0n) is 14.0. The van der Waals surface area contributed by atoms with Gasteiger partial charge in [-0.2, -0.15) is 0 Å². The van der Waals surface area contributed by atoms with Crippen molar-refractivity contribution in [2.45, 2.75) is 33.3 Å². The summed E-state index contributed by atoms with van der Waals surface area (Å²) in [5.41, 5.74) is 0.362. The minimum atomic E-state index is -0.635. The van der Waals surface area contributed by atoms with Gasteiger partial charge in [-0.1, -0.05) is 0 Å². The van der Waals surface area contributed by atoms with Crippen LogP contribution in [0.25, 0.3) is 5.52 Å². The molecule has 2 rings (SSSR count). The molecule has 124 valence electrons. The largest absolute Gasteiger partial charge is 0.495 e. The minimum Gasteiger partial charge on any atom is -0.495 e. The lowest BCUT2D eigenvalue weighted by Gasteiger charge is -2.19. The van der Waals surface area contributed by atoms with Gasteiger partial charge in [0.25, 0.3) is 0 Å². The summed E-state index contributed by atoms with van der Waals surface area (Å²) < 4.78 is 17.4. The Kier molecular flexibility index (Phi) is 4.63. The van der Waals surface area contributed by atoms with E-state index in [1.54, 1.807) is 50.4 Å². The van der Waals surface area contributed by atoms with Crippen molar-refractivity contribution in [2.24, 2.45) is 0 Å². The normalized spacial score (nSPS) is 11.3. The molecule has 0 saturated carbocycles. The summed E-state index contributed by atoms with van der Waals surface area (Å²) in [6, 6.07) is 4.93. The Morgan fingerprint density at radius 2 is 1.91 bits per heavy atom. The predicted molar refractivity (Wildman–Crippen MR) is 85.1 cm³/mol. The maximum Gasteiger partial charge on any atom is 0.355 e. The first-order valence-corrected chi connectivity index (χ1v) is 7.37. The molecule has 0 spiro atoms. The van der Waals surface area contributed by atoms with Gasteiger partial charge in [-0.3, -0.25) is 0 Å². The molecular formula is C17H21NO5. The number of fused-ring (bicyclic) bond motifs is 1. The van der Waals surface area contributed by atoms with Crippen LogP contribution in [0.4, 0.5) is 0 Å². The summed E-state index contributed by atoms with van der Waals surface area (Å²) in [6.45, 7) is 7.32. The van der Waals surface area contributed by atoms with Gasteiger partial charge < -0.3 is 18.6 Å². The highest BCUT2D eigenvalue weighted by Crippen LogP contribution is 2.28. The second-order valence-electron chi connectivity index (χ2n) is 5.96. The average molecular weight is 319 g/mol. The van der Waals surface area contributed by atoms with Crippen LogP contribution in [-0.4, -0.2) is 35.7 Å². The topological polar surface area (TPSA) is 66.2 Å². The SMILES string of the molecule is CCOC(=O)c1cc(C(=O)OC(C)(C)C)n2cccc(OC)c12. The number of ether oxygens (including phenoxy) is 3. The van der Waals surface area contributed by atoms with Gasteiger partial charge in [0.15, 0.2) is 0 Å². The van der Waals surface area contributed by atoms with Gasteiger partial charge in [-0.25, -0.2) is 9.59 Å². The Morgan fingerprint density at radius 3 is 2.48 bits per heavy atom. The smallest absolute Gasteiger partial charge is 0.355 e. The van der Waals surface area contributed by atoms with E-state index in [4.69, 9.17) is 14.2 Å². The van der Waals surface area contributed by atoms with E-state index in [0.717, 1.165) is 0 Å². The third kappa shape index (κ3) is 3.47. The number of esters is 2. The molecule has 2 aromatic rings. The van der Waals surface area contributed by atoms with Crippen LogP contribution in [-0.2, 0) is 9.47 Å². The van der Waals surface area contributed by atoms with Gasteiger partial charge in [0.05, 0.1) is 19.3 Å². The molecule has 0 atom stereocenters. The van der Waals surface area contributed by atoms with Gasteiger partial charge in [-0.15, -0.1) is 0 Å². The van der Waals surface area contributed by atoms with E-state index in [1.807, 2.05) is 0 Å². The molecule has 2 aromatic heterocycles. The third-order valence-electron chi connectivity index (χ3n) is 3.08. The lowest BCUT2D eigenvalue weighted by Crippen LogP contribution is -2.24. The number of methoxy groups -OCH3 is 1. The van der Waals surface area contributed by atoms with Crippen LogP contribution in [0, 0.1) is 0 Å². The van der Waals surface area contributed by atoms with E-state index in [0.29, 0.717) is 11.3 Å². The van der Waals surface area contributed by atoms with E-state index in [1.165, 1.54) is 13.2 Å². The fraction of sp³-hybridized carbons (Fsp3) is 0.412. The van der Waals surface area contributed by atoms with Crippen molar-refractivity contribution < 1.29 is 23.8 Å². The molecular weight excluding hydrogens is 298 g/mol. The highest BCUT2D eigenvalue weighted by Gasteiger charge is 2.26. The fourth-order valence-corrected chi connectivity index (χ4v) is 2.24. The molecule has 0 unspecified atom stereocenters. The monoisotopic (exact) mass is 319 g/mol. The first-order chi connectivity index (χ1) is 10.8. The molecule has 0 N–H and O–H groups in total. The van der Waals surface area contributed by atoms with Crippen molar-refractivity contribution in [1.82, 2.24) is 4.40 Å². The number of pyridine rings is 1. The van der Waals surface area contributed by atoms with Crippen molar-refractivity contribution in [3.63, 3.8) is 0 Å². The van der Waals surface area contributed by atoms with E-state index < -0.39 is 17.5 Å². The van der Waals surface area contributed by atoms with Crippen LogP contribution in [0.2, 0.25) is 0 Å². The van der Waals surface area contributed by atoms with Crippen LogP contribution in [0.5, 0.6) is 5.75 Å². The quantitative estimate of drug-likeness (QED) is 0.810. The number of hydrogen-bond acceptors (Lipinski definition) is 5. The van der Waals surface area contributed by atoms with Crippen molar-refractivity contribution in [2.75, 3.05) is 13.7 Å². The molecule has 0 aliphatic rings. The van der Waals surface area contributed by atoms with Crippen molar-refractivity contribution in [3.05, 3.63) is 35.7 Å². The molecule has 6 heteroatoms. The minimum absolute atomic E-state index is 0.243. The number of hydrogen-bond donors (Lipinski definition) is 0. The molecule has 2 heterocycles. The molecule has 0 aromatic carbocycles. The Hall–Kier alpha value is -2.50. The van der Waals surface area contributed by atoms with E-state index in [2.05, 4.69) is 0 Å². The number of carbonyl (C=O) groups is 2. The summed E-state index contributed by atoms with van der Waals surface area (Å²) in [7, 11) is 1.50. The van der Waals surface area contributed by atoms with Gasteiger partial charge in [0.2, 0.25) is 0 Å². The number of nitrogens with zero attached hydrogens (tertiary/aromatic N) is 1. The summed E-state index contributed by atoms with van der Waals surface area (Å²) in [4.78, 5) is 24.6. The average Bonchev–Trinajstić information content (AvgIpc) is 2.85. The highest BCUT2D eigenvalue weighted by molar-refractivity contribution is 6.03. The molecule has 0 saturated heterocycles. The van der Waals surface area contributed by atoms with Crippen LogP contribution in [0.1, 0.15) is 48.5 Å². The van der Waals surface area contributed by atoms with E-state index >= 15 is 0 Å². The van der Waals surface area contributed by atoms with Crippen molar-refractivity contribution in [1.29, 1.82) is 0 Å². The molecule has 0 amide bonds. The number of rotatable bonds is 4. The Morgan fingerprint density at radius 1 is 1.22 bits per heavy atom. The first kappa shape index (κ1) is 16.9. The zero-order valence-corrected chi connectivity index (χ0v) is 14.0. The molecule has 0 radical (unpaired) electrons. The second-order valence-corrected chi connectivity index (χ2v) is 5.96. The van der Waals surface area contributed by atoms with Gasteiger partial charge in [0.1, 0.15) is 22.6 Å². The van der Waals surface area contributed by atoms with Crippen LogP contribution in [0.15, 0.2) is 24.4 Å². The van der Waals surface area contributed by atoms with Crippen LogP contribution < -0.4 is 4.74 Å². The summed E-state index contributed by atoms with van der Waals surface area (Å²) in [5.74, 6) is -0.550. The summed E-state index contributed by atoms with van der Waals surface area (Å²) in [6.07, 6.45) is 1.68. The van der Waals surface area contributed by atoms with Gasteiger partial charge >= 0.3 is 11.9 Å². The van der Waals surface area contributed by atoms with Gasteiger partial charge in [0, 0.05) is 6.20 Å². The molecule has 6 nitrogen and oxygen atoms in total. The molecule has 23 heavy (non-hydrogen) atoms.